The van der Waals surface area contributed by atoms with Crippen molar-refractivity contribution in [3.8, 4) is 0 Å². The van der Waals surface area contributed by atoms with Gasteiger partial charge in [0, 0.05) is 10.7 Å². The minimum absolute atomic E-state index is 1.64. The van der Waals surface area contributed by atoms with Crippen LogP contribution in [0.1, 0.15) is 6.42 Å². The summed E-state index contributed by atoms with van der Waals surface area (Å²) < 4.78 is 52.5. The number of rotatable bonds is 2. The molecule has 0 saturated heterocycles. The molecule has 0 aliphatic rings. The van der Waals surface area contributed by atoms with Crippen LogP contribution in [0.4, 0.5) is 13.2 Å². The highest BCUT2D eigenvalue weighted by atomic mass is 35.7. The molecule has 0 aromatic heterocycles. The molecule has 0 spiro atoms. The van der Waals surface area contributed by atoms with Crippen LogP contribution in [0, 0.1) is 0 Å². The fraction of sp³-hybridized carbons (Fsp3) is 1.00. The van der Waals surface area contributed by atoms with Crippen molar-refractivity contribution in [1.82, 2.24) is 0 Å². The molecule has 0 aliphatic carbocycles. The molecule has 1 atom stereocenters. The minimum atomic E-state index is -4.62. The van der Waals surface area contributed by atoms with Gasteiger partial charge in [-0.15, -0.1) is 11.6 Å². The predicted molar refractivity (Wildman–Crippen MR) is 35.1 cm³/mol. The van der Waals surface area contributed by atoms with Gasteiger partial charge in [-0.1, -0.05) is 0 Å². The topological polar surface area (TPSA) is 34.1 Å². The molecule has 68 valence electrons. The molecule has 0 heterocycles. The van der Waals surface area contributed by atoms with Crippen molar-refractivity contribution >= 4 is 31.3 Å². The molecule has 2 nitrogen and oxygen atoms in total. The van der Waals surface area contributed by atoms with Gasteiger partial charge in [0.2, 0.25) is 9.05 Å². The molecule has 8 heteroatoms. The van der Waals surface area contributed by atoms with E-state index in [0.29, 0.717) is 0 Å². The zero-order valence-corrected chi connectivity index (χ0v) is 7.23. The lowest BCUT2D eigenvalue weighted by Gasteiger charge is -2.08. The highest BCUT2D eigenvalue weighted by molar-refractivity contribution is 8.15. The second-order valence-electron chi connectivity index (χ2n) is 1.70. The summed E-state index contributed by atoms with van der Waals surface area (Å²) in [5.41, 5.74) is 0. The third-order valence-corrected chi connectivity index (χ3v) is 3.25. The molecule has 0 radical (unpaired) electrons. The fourth-order valence-corrected chi connectivity index (χ4v) is 1.03. The summed E-state index contributed by atoms with van der Waals surface area (Å²) in [4.78, 5) is 0. The lowest BCUT2D eigenvalue weighted by Crippen LogP contribution is -2.19. The summed E-state index contributed by atoms with van der Waals surface area (Å²) in [5.74, 6) is 0. The van der Waals surface area contributed by atoms with E-state index in [0.717, 1.165) is 0 Å². The van der Waals surface area contributed by atoms with Gasteiger partial charge < -0.3 is 0 Å². The van der Waals surface area contributed by atoms with Crippen molar-refractivity contribution in [3.63, 3.8) is 0 Å². The van der Waals surface area contributed by atoms with E-state index in [9.17, 15) is 21.6 Å². The van der Waals surface area contributed by atoms with E-state index < -0.39 is 26.4 Å². The molecular formula is C3H3Cl2F3O2S. The first-order valence-corrected chi connectivity index (χ1v) is 5.08. The SMILES string of the molecule is O=S(=O)(Cl)C(Cl)CC(F)(F)F. The van der Waals surface area contributed by atoms with E-state index in [1.54, 1.807) is 0 Å². The maximum Gasteiger partial charge on any atom is 0.391 e. The fourth-order valence-electron chi connectivity index (χ4n) is 0.282. The Morgan fingerprint density at radius 2 is 1.73 bits per heavy atom. The van der Waals surface area contributed by atoms with Crippen LogP contribution in [0.25, 0.3) is 0 Å². The maximum atomic E-state index is 11.4. The lowest BCUT2D eigenvalue weighted by molar-refractivity contribution is -0.131. The van der Waals surface area contributed by atoms with Crippen molar-refractivity contribution in [2.45, 2.75) is 17.3 Å². The van der Waals surface area contributed by atoms with Gasteiger partial charge in [0.15, 0.2) is 4.71 Å². The molecule has 0 aromatic rings. The quantitative estimate of drug-likeness (QED) is 0.538. The highest BCUT2D eigenvalue weighted by Crippen LogP contribution is 2.28. The van der Waals surface area contributed by atoms with E-state index in [2.05, 4.69) is 10.7 Å². The van der Waals surface area contributed by atoms with Gasteiger partial charge in [-0.2, -0.15) is 13.2 Å². The predicted octanol–water partition coefficient (Wildman–Crippen LogP) is 2.07. The Morgan fingerprint density at radius 3 is 1.82 bits per heavy atom. The normalized spacial score (nSPS) is 16.5. The highest BCUT2D eigenvalue weighted by Gasteiger charge is 2.36. The van der Waals surface area contributed by atoms with Crippen LogP contribution in [0.15, 0.2) is 0 Å². The Bertz CT molecular complexity index is 221. The third-order valence-electron chi connectivity index (χ3n) is 0.697. The van der Waals surface area contributed by atoms with Crippen LogP contribution in [-0.2, 0) is 9.05 Å². The monoisotopic (exact) mass is 230 g/mol. The van der Waals surface area contributed by atoms with Crippen molar-refractivity contribution in [1.29, 1.82) is 0 Å². The first-order chi connectivity index (χ1) is 4.63. The van der Waals surface area contributed by atoms with Gasteiger partial charge >= 0.3 is 6.18 Å². The van der Waals surface area contributed by atoms with E-state index in [4.69, 9.17) is 11.6 Å². The summed E-state index contributed by atoms with van der Waals surface area (Å²) in [6, 6.07) is 0. The molecule has 0 rings (SSSR count). The number of alkyl halides is 4. The van der Waals surface area contributed by atoms with Crippen LogP contribution >= 0.6 is 22.3 Å². The lowest BCUT2D eigenvalue weighted by atomic mass is 10.5. The summed E-state index contributed by atoms with van der Waals surface area (Å²) in [6.45, 7) is 0. The molecule has 0 amide bonds. The van der Waals surface area contributed by atoms with Crippen molar-refractivity contribution in [2.75, 3.05) is 0 Å². The van der Waals surface area contributed by atoms with Gasteiger partial charge in [0.1, 0.15) is 0 Å². The molecule has 0 bridgehead atoms. The van der Waals surface area contributed by atoms with Crippen LogP contribution < -0.4 is 0 Å². The van der Waals surface area contributed by atoms with Crippen molar-refractivity contribution in [3.05, 3.63) is 0 Å². The Hall–Kier alpha value is 0.320. The van der Waals surface area contributed by atoms with Gasteiger partial charge in [-0.25, -0.2) is 8.42 Å². The molecule has 0 N–H and O–H groups in total. The van der Waals surface area contributed by atoms with E-state index in [1.807, 2.05) is 0 Å². The van der Waals surface area contributed by atoms with E-state index >= 15 is 0 Å². The Morgan fingerprint density at radius 1 is 1.36 bits per heavy atom. The number of halogens is 5. The van der Waals surface area contributed by atoms with E-state index in [1.165, 1.54) is 0 Å². The average Bonchev–Trinajstić information content (AvgIpc) is 1.56. The van der Waals surface area contributed by atoms with E-state index in [-0.39, 0.29) is 0 Å². The second-order valence-corrected chi connectivity index (χ2v) is 5.30. The standard InChI is InChI=1S/C3H3Cl2F3O2S/c4-2(11(5,9)10)1-3(6,7)8/h2H,1H2. The molecule has 0 saturated carbocycles. The summed E-state index contributed by atoms with van der Waals surface area (Å²) in [6.07, 6.45) is -6.26. The molecule has 0 aromatic carbocycles. The summed E-state index contributed by atoms with van der Waals surface area (Å²) >= 11 is 4.80. The number of hydrogen-bond acceptors (Lipinski definition) is 2. The first-order valence-electron chi connectivity index (χ1n) is 2.27. The van der Waals surface area contributed by atoms with Crippen LogP contribution in [0.3, 0.4) is 0 Å². The van der Waals surface area contributed by atoms with Crippen molar-refractivity contribution < 1.29 is 21.6 Å². The molecule has 11 heavy (non-hydrogen) atoms. The number of hydrogen-bond donors (Lipinski definition) is 0. The summed E-state index contributed by atoms with van der Waals surface area (Å²) in [7, 11) is 0.212. The van der Waals surface area contributed by atoms with Gasteiger partial charge in [0.25, 0.3) is 0 Å². The molecule has 0 fully saturated rings. The van der Waals surface area contributed by atoms with Gasteiger partial charge in [-0.3, -0.25) is 0 Å². The Labute approximate surface area is 70.7 Å². The van der Waals surface area contributed by atoms with Gasteiger partial charge in [0.05, 0.1) is 6.42 Å². The largest absolute Gasteiger partial charge is 0.391 e. The second kappa shape index (κ2) is 3.37. The summed E-state index contributed by atoms with van der Waals surface area (Å²) in [5, 5.41) is 0. The Kier molecular flexibility index (Phi) is 3.46. The van der Waals surface area contributed by atoms with Gasteiger partial charge in [-0.05, 0) is 0 Å². The third kappa shape index (κ3) is 5.57. The molecule has 1 unspecified atom stereocenters. The minimum Gasteiger partial charge on any atom is -0.211 e. The van der Waals surface area contributed by atoms with Crippen LogP contribution in [0.5, 0.6) is 0 Å². The van der Waals surface area contributed by atoms with Crippen LogP contribution in [0.2, 0.25) is 0 Å². The smallest absolute Gasteiger partial charge is 0.211 e. The zero-order chi connectivity index (χ0) is 9.28. The maximum absolute atomic E-state index is 11.4. The molecule has 0 aliphatic heterocycles. The average molecular weight is 231 g/mol. The van der Waals surface area contributed by atoms with Crippen molar-refractivity contribution in [2.24, 2.45) is 0 Å². The Balaban J connectivity index is 4.22. The van der Waals surface area contributed by atoms with Crippen LogP contribution in [-0.4, -0.2) is 19.3 Å². The molecular weight excluding hydrogens is 228 g/mol. The zero-order valence-electron chi connectivity index (χ0n) is 4.90. The first kappa shape index (κ1) is 11.3.